The molecule has 0 radical (unpaired) electrons. The molecule has 1 aliphatic rings. The van der Waals surface area contributed by atoms with E-state index in [1.165, 1.54) is 19.3 Å². The molecule has 1 aromatic carbocycles. The maximum atomic E-state index is 5.77. The summed E-state index contributed by atoms with van der Waals surface area (Å²) >= 11 is 0. The van der Waals surface area contributed by atoms with Crippen LogP contribution in [0.5, 0.6) is 0 Å². The first-order chi connectivity index (χ1) is 8.25. The van der Waals surface area contributed by atoms with Crippen LogP contribution in [0.2, 0.25) is 0 Å². The fourth-order valence-corrected chi connectivity index (χ4v) is 2.29. The number of nitrogen functional groups attached to an aromatic ring is 1. The second-order valence-electron chi connectivity index (χ2n) is 4.62. The first-order valence-corrected chi connectivity index (χ1v) is 6.01. The minimum Gasteiger partial charge on any atom is -0.368 e. The summed E-state index contributed by atoms with van der Waals surface area (Å²) in [5, 5.41) is 1.08. The van der Waals surface area contributed by atoms with E-state index in [0.717, 1.165) is 16.7 Å². The van der Waals surface area contributed by atoms with Gasteiger partial charge in [-0.05, 0) is 31.4 Å². The molecule has 1 aliphatic carbocycles. The second-order valence-corrected chi connectivity index (χ2v) is 4.62. The van der Waals surface area contributed by atoms with E-state index < -0.39 is 0 Å². The zero-order valence-corrected chi connectivity index (χ0v) is 9.93. The molecule has 2 N–H and O–H groups in total. The van der Waals surface area contributed by atoms with E-state index in [1.807, 2.05) is 18.2 Å². The van der Waals surface area contributed by atoms with Gasteiger partial charge in [0.05, 0.1) is 5.52 Å². The Bertz CT molecular complexity index is 548. The summed E-state index contributed by atoms with van der Waals surface area (Å²) in [6.45, 7) is 0. The third-order valence-electron chi connectivity index (χ3n) is 3.56. The zero-order valence-electron chi connectivity index (χ0n) is 9.93. The molecule has 1 saturated carbocycles. The molecule has 4 heteroatoms. The number of rotatable bonds is 2. The van der Waals surface area contributed by atoms with E-state index in [1.54, 1.807) is 0 Å². The van der Waals surface area contributed by atoms with Gasteiger partial charge in [0.1, 0.15) is 5.82 Å². The summed E-state index contributed by atoms with van der Waals surface area (Å²) in [4.78, 5) is 10.9. The Hall–Kier alpha value is -1.84. The van der Waals surface area contributed by atoms with Gasteiger partial charge in [0.2, 0.25) is 5.95 Å². The second kappa shape index (κ2) is 3.87. The predicted molar refractivity (Wildman–Crippen MR) is 70.0 cm³/mol. The third-order valence-corrected chi connectivity index (χ3v) is 3.56. The van der Waals surface area contributed by atoms with E-state index in [-0.39, 0.29) is 0 Å². The molecule has 0 atom stereocenters. The van der Waals surface area contributed by atoms with Crippen LogP contribution in [0.15, 0.2) is 24.3 Å². The van der Waals surface area contributed by atoms with Crippen molar-refractivity contribution >= 4 is 22.7 Å². The summed E-state index contributed by atoms with van der Waals surface area (Å²) < 4.78 is 0. The van der Waals surface area contributed by atoms with Crippen molar-refractivity contribution in [1.82, 2.24) is 9.97 Å². The monoisotopic (exact) mass is 228 g/mol. The number of nitrogens with zero attached hydrogens (tertiary/aromatic N) is 3. The van der Waals surface area contributed by atoms with Crippen molar-refractivity contribution in [2.45, 2.75) is 25.3 Å². The Morgan fingerprint density at radius 2 is 2.00 bits per heavy atom. The number of para-hydroxylation sites is 1. The fraction of sp³-hybridized carbons (Fsp3) is 0.385. The Labute approximate surface area is 100 Å². The van der Waals surface area contributed by atoms with Gasteiger partial charge in [-0.15, -0.1) is 0 Å². The van der Waals surface area contributed by atoms with E-state index in [0.29, 0.717) is 12.0 Å². The van der Waals surface area contributed by atoms with Gasteiger partial charge in [-0.1, -0.05) is 12.1 Å². The molecule has 0 saturated heterocycles. The Morgan fingerprint density at radius 1 is 1.24 bits per heavy atom. The highest BCUT2D eigenvalue weighted by Crippen LogP contribution is 2.31. The molecular formula is C13H16N4. The van der Waals surface area contributed by atoms with Gasteiger partial charge in [-0.3, -0.25) is 0 Å². The summed E-state index contributed by atoms with van der Waals surface area (Å²) in [5.41, 5.74) is 6.69. The van der Waals surface area contributed by atoms with Gasteiger partial charge in [-0.25, -0.2) is 4.98 Å². The van der Waals surface area contributed by atoms with Gasteiger partial charge < -0.3 is 10.6 Å². The van der Waals surface area contributed by atoms with Crippen LogP contribution in [0.25, 0.3) is 10.9 Å². The highest BCUT2D eigenvalue weighted by Gasteiger charge is 2.24. The van der Waals surface area contributed by atoms with Crippen LogP contribution in [0.3, 0.4) is 0 Å². The lowest BCUT2D eigenvalue weighted by Crippen LogP contribution is -2.37. The summed E-state index contributed by atoms with van der Waals surface area (Å²) in [7, 11) is 2.10. The molecule has 88 valence electrons. The largest absolute Gasteiger partial charge is 0.368 e. The standard InChI is InChI=1S/C13H16N4/c1-17(9-5-4-6-9)12-10-7-2-3-8-11(10)15-13(14)16-12/h2-3,7-9H,4-6H2,1H3,(H2,14,15,16). The van der Waals surface area contributed by atoms with Crippen LogP contribution in [0.4, 0.5) is 11.8 Å². The van der Waals surface area contributed by atoms with Crippen molar-refractivity contribution in [3.05, 3.63) is 24.3 Å². The van der Waals surface area contributed by atoms with Gasteiger partial charge in [0.15, 0.2) is 0 Å². The van der Waals surface area contributed by atoms with Crippen LogP contribution >= 0.6 is 0 Å². The average molecular weight is 228 g/mol. The lowest BCUT2D eigenvalue weighted by atomic mass is 9.92. The number of anilines is 2. The van der Waals surface area contributed by atoms with Crippen molar-refractivity contribution in [2.75, 3.05) is 17.7 Å². The first-order valence-electron chi connectivity index (χ1n) is 6.01. The Kier molecular flexibility index (Phi) is 2.35. The highest BCUT2D eigenvalue weighted by molar-refractivity contribution is 5.90. The summed E-state index contributed by atoms with van der Waals surface area (Å²) in [6, 6.07) is 8.62. The molecule has 1 heterocycles. The van der Waals surface area contributed by atoms with Gasteiger partial charge >= 0.3 is 0 Å². The van der Waals surface area contributed by atoms with Crippen LogP contribution in [-0.4, -0.2) is 23.1 Å². The highest BCUT2D eigenvalue weighted by atomic mass is 15.2. The van der Waals surface area contributed by atoms with Crippen molar-refractivity contribution in [1.29, 1.82) is 0 Å². The lowest BCUT2D eigenvalue weighted by Gasteiger charge is -2.36. The topological polar surface area (TPSA) is 55.0 Å². The van der Waals surface area contributed by atoms with Gasteiger partial charge in [0, 0.05) is 18.5 Å². The van der Waals surface area contributed by atoms with E-state index in [9.17, 15) is 0 Å². The molecule has 1 fully saturated rings. The van der Waals surface area contributed by atoms with Crippen molar-refractivity contribution < 1.29 is 0 Å². The molecule has 3 rings (SSSR count). The number of aromatic nitrogens is 2. The predicted octanol–water partition coefficient (Wildman–Crippen LogP) is 2.20. The minimum absolute atomic E-state index is 0.352. The third kappa shape index (κ3) is 1.69. The molecular weight excluding hydrogens is 212 g/mol. The van der Waals surface area contributed by atoms with Gasteiger partial charge in [0.25, 0.3) is 0 Å². The van der Waals surface area contributed by atoms with E-state index >= 15 is 0 Å². The maximum absolute atomic E-state index is 5.77. The maximum Gasteiger partial charge on any atom is 0.222 e. The number of hydrogen-bond acceptors (Lipinski definition) is 4. The van der Waals surface area contributed by atoms with Crippen molar-refractivity contribution in [2.24, 2.45) is 0 Å². The molecule has 1 aromatic heterocycles. The molecule has 0 amide bonds. The molecule has 0 bridgehead atoms. The molecule has 0 aliphatic heterocycles. The first kappa shape index (κ1) is 10.3. The van der Waals surface area contributed by atoms with Crippen LogP contribution in [0.1, 0.15) is 19.3 Å². The lowest BCUT2D eigenvalue weighted by molar-refractivity contribution is 0.400. The fourth-order valence-electron chi connectivity index (χ4n) is 2.29. The molecule has 4 nitrogen and oxygen atoms in total. The van der Waals surface area contributed by atoms with Crippen LogP contribution < -0.4 is 10.6 Å². The van der Waals surface area contributed by atoms with Crippen LogP contribution in [-0.2, 0) is 0 Å². The van der Waals surface area contributed by atoms with E-state index in [4.69, 9.17) is 5.73 Å². The minimum atomic E-state index is 0.352. The molecule has 0 unspecified atom stereocenters. The SMILES string of the molecule is CN(c1nc(N)nc2ccccc12)C1CCC1. The van der Waals surface area contributed by atoms with E-state index in [2.05, 4.69) is 28.0 Å². The zero-order chi connectivity index (χ0) is 11.8. The molecule has 17 heavy (non-hydrogen) atoms. The smallest absolute Gasteiger partial charge is 0.222 e. The summed E-state index contributed by atoms with van der Waals surface area (Å²) in [6.07, 6.45) is 3.80. The average Bonchev–Trinajstić information content (AvgIpc) is 2.25. The molecule has 2 aromatic rings. The number of fused-ring (bicyclic) bond motifs is 1. The quantitative estimate of drug-likeness (QED) is 0.856. The normalized spacial score (nSPS) is 15.8. The van der Waals surface area contributed by atoms with Crippen molar-refractivity contribution in [3.63, 3.8) is 0 Å². The molecule has 0 spiro atoms. The number of hydrogen-bond donors (Lipinski definition) is 1. The van der Waals surface area contributed by atoms with Gasteiger partial charge in [-0.2, -0.15) is 4.98 Å². The van der Waals surface area contributed by atoms with Crippen molar-refractivity contribution in [3.8, 4) is 0 Å². The Balaban J connectivity index is 2.13. The number of nitrogens with two attached hydrogens (primary N) is 1. The summed E-state index contributed by atoms with van der Waals surface area (Å²) in [5.74, 6) is 1.31. The van der Waals surface area contributed by atoms with Crippen LogP contribution in [0, 0.1) is 0 Å². The number of benzene rings is 1. The Morgan fingerprint density at radius 3 is 2.71 bits per heavy atom.